The highest BCUT2D eigenvalue weighted by molar-refractivity contribution is 5.97. The van der Waals surface area contributed by atoms with E-state index in [1.807, 2.05) is 48.5 Å². The molecule has 1 amide bonds. The number of carboxylic acid groups (broad SMARTS) is 1. The summed E-state index contributed by atoms with van der Waals surface area (Å²) in [6.07, 6.45) is 1.96. The topological polar surface area (TPSA) is 95.1 Å². The molecule has 4 rings (SSSR count). The first-order valence-electron chi connectivity index (χ1n) is 8.56. The van der Waals surface area contributed by atoms with E-state index < -0.39 is 17.9 Å². The number of fused-ring (bicyclic) bond motifs is 2. The number of hydrogen-bond acceptors (Lipinski definition) is 3. The summed E-state index contributed by atoms with van der Waals surface area (Å²) < 4.78 is 0. The van der Waals surface area contributed by atoms with Crippen molar-refractivity contribution in [1.29, 1.82) is 0 Å². The number of para-hydroxylation sites is 2. The lowest BCUT2D eigenvalue weighted by molar-refractivity contribution is -0.139. The molecular formula is C21H17N3O3. The number of nitrogens with zero attached hydrogens (tertiary/aromatic N) is 1. The molecule has 0 saturated carbocycles. The third-order valence-corrected chi connectivity index (χ3v) is 4.53. The molecule has 0 bridgehead atoms. The smallest absolute Gasteiger partial charge is 0.326 e. The molecule has 0 spiro atoms. The minimum atomic E-state index is -1.09. The maximum Gasteiger partial charge on any atom is 0.326 e. The van der Waals surface area contributed by atoms with Crippen molar-refractivity contribution in [2.45, 2.75) is 12.5 Å². The van der Waals surface area contributed by atoms with Crippen LogP contribution in [0.15, 0.2) is 66.9 Å². The van der Waals surface area contributed by atoms with Gasteiger partial charge in [0.05, 0.1) is 5.52 Å². The van der Waals surface area contributed by atoms with Crippen LogP contribution in [0.3, 0.4) is 0 Å². The molecule has 27 heavy (non-hydrogen) atoms. The number of H-pyrrole nitrogens is 1. The van der Waals surface area contributed by atoms with Crippen LogP contribution in [0.4, 0.5) is 0 Å². The fourth-order valence-corrected chi connectivity index (χ4v) is 3.15. The van der Waals surface area contributed by atoms with E-state index in [1.54, 1.807) is 18.3 Å². The summed E-state index contributed by atoms with van der Waals surface area (Å²) in [5.41, 5.74) is 2.65. The van der Waals surface area contributed by atoms with Crippen molar-refractivity contribution >= 4 is 33.7 Å². The van der Waals surface area contributed by atoms with Gasteiger partial charge >= 0.3 is 5.97 Å². The number of aromatic amines is 1. The Balaban J connectivity index is 1.57. The first-order chi connectivity index (χ1) is 13.1. The lowest BCUT2D eigenvalue weighted by Crippen LogP contribution is -2.42. The van der Waals surface area contributed by atoms with E-state index in [1.165, 1.54) is 0 Å². The van der Waals surface area contributed by atoms with Crippen molar-refractivity contribution in [3.05, 3.63) is 78.1 Å². The molecule has 134 valence electrons. The molecule has 0 aliphatic rings. The van der Waals surface area contributed by atoms with Gasteiger partial charge < -0.3 is 15.4 Å². The van der Waals surface area contributed by atoms with E-state index >= 15 is 0 Å². The monoisotopic (exact) mass is 359 g/mol. The molecule has 0 unspecified atom stereocenters. The molecule has 0 saturated heterocycles. The molecule has 0 aliphatic carbocycles. The first-order valence-corrected chi connectivity index (χ1v) is 8.56. The fraction of sp³-hybridized carbons (Fsp3) is 0.0952. The molecular weight excluding hydrogens is 342 g/mol. The Morgan fingerprint density at radius 3 is 2.67 bits per heavy atom. The van der Waals surface area contributed by atoms with Crippen molar-refractivity contribution < 1.29 is 14.7 Å². The molecule has 2 aromatic heterocycles. The van der Waals surface area contributed by atoms with Crippen molar-refractivity contribution in [2.75, 3.05) is 0 Å². The Morgan fingerprint density at radius 1 is 1.04 bits per heavy atom. The Hall–Kier alpha value is -3.67. The van der Waals surface area contributed by atoms with Crippen LogP contribution in [0, 0.1) is 0 Å². The zero-order valence-corrected chi connectivity index (χ0v) is 14.3. The number of benzene rings is 2. The fourth-order valence-electron chi connectivity index (χ4n) is 3.15. The van der Waals surface area contributed by atoms with Crippen molar-refractivity contribution in [1.82, 2.24) is 15.3 Å². The van der Waals surface area contributed by atoms with Crippen LogP contribution in [-0.2, 0) is 11.2 Å². The SMILES string of the molecule is O=C(N[C@@H](Cc1c[nH]c2ccccc12)C(=O)O)c1ccc2ccccc2n1. The molecule has 1 atom stereocenters. The number of carbonyl (C=O) groups is 2. The van der Waals surface area contributed by atoms with Crippen molar-refractivity contribution in [3.8, 4) is 0 Å². The molecule has 6 heteroatoms. The summed E-state index contributed by atoms with van der Waals surface area (Å²) in [5.74, 6) is -1.59. The molecule has 2 aromatic carbocycles. The van der Waals surface area contributed by atoms with E-state index in [9.17, 15) is 14.7 Å². The van der Waals surface area contributed by atoms with Gasteiger partial charge in [-0.25, -0.2) is 9.78 Å². The summed E-state index contributed by atoms with van der Waals surface area (Å²) in [6, 6.07) is 17.4. The average Bonchev–Trinajstić information content (AvgIpc) is 3.10. The molecule has 2 heterocycles. The maximum absolute atomic E-state index is 12.6. The zero-order valence-electron chi connectivity index (χ0n) is 14.3. The Bertz CT molecular complexity index is 1150. The van der Waals surface area contributed by atoms with Gasteiger partial charge in [0.1, 0.15) is 11.7 Å². The van der Waals surface area contributed by atoms with Crippen LogP contribution < -0.4 is 5.32 Å². The van der Waals surface area contributed by atoms with Gasteiger partial charge in [0.15, 0.2) is 0 Å². The Morgan fingerprint density at radius 2 is 1.81 bits per heavy atom. The number of aliphatic carboxylic acids is 1. The van der Waals surface area contributed by atoms with Crippen LogP contribution in [0.5, 0.6) is 0 Å². The number of rotatable bonds is 5. The summed E-state index contributed by atoms with van der Waals surface area (Å²) >= 11 is 0. The predicted molar refractivity (Wildman–Crippen MR) is 103 cm³/mol. The molecule has 3 N–H and O–H groups in total. The molecule has 0 fully saturated rings. The van der Waals surface area contributed by atoms with Crippen LogP contribution in [0.25, 0.3) is 21.8 Å². The third-order valence-electron chi connectivity index (χ3n) is 4.53. The highest BCUT2D eigenvalue weighted by Gasteiger charge is 2.23. The van der Waals surface area contributed by atoms with Crippen LogP contribution in [0.1, 0.15) is 16.1 Å². The van der Waals surface area contributed by atoms with Crippen molar-refractivity contribution in [3.63, 3.8) is 0 Å². The van der Waals surface area contributed by atoms with Crippen LogP contribution in [-0.4, -0.2) is 33.0 Å². The van der Waals surface area contributed by atoms with Gasteiger partial charge in [-0.2, -0.15) is 0 Å². The van der Waals surface area contributed by atoms with E-state index in [0.717, 1.165) is 21.9 Å². The highest BCUT2D eigenvalue weighted by Crippen LogP contribution is 2.19. The number of hydrogen-bond donors (Lipinski definition) is 3. The van der Waals surface area contributed by atoms with E-state index in [4.69, 9.17) is 0 Å². The van der Waals surface area contributed by atoms with E-state index in [-0.39, 0.29) is 12.1 Å². The molecule has 6 nitrogen and oxygen atoms in total. The Labute approximate surface area is 154 Å². The van der Waals surface area contributed by atoms with Crippen LogP contribution in [0.2, 0.25) is 0 Å². The molecule has 4 aromatic rings. The summed E-state index contributed by atoms with van der Waals surface area (Å²) in [6.45, 7) is 0. The second kappa shape index (κ2) is 6.92. The van der Waals surface area contributed by atoms with Gasteiger partial charge in [0, 0.05) is 28.9 Å². The molecule has 0 radical (unpaired) electrons. The summed E-state index contributed by atoms with van der Waals surface area (Å²) in [7, 11) is 0. The summed E-state index contributed by atoms with van der Waals surface area (Å²) in [4.78, 5) is 31.7. The number of carboxylic acids is 1. The lowest BCUT2D eigenvalue weighted by Gasteiger charge is -2.14. The number of pyridine rings is 1. The number of aromatic nitrogens is 2. The van der Waals surface area contributed by atoms with Crippen molar-refractivity contribution in [2.24, 2.45) is 0 Å². The van der Waals surface area contributed by atoms with Gasteiger partial charge in [0.2, 0.25) is 0 Å². The van der Waals surface area contributed by atoms with E-state index in [2.05, 4.69) is 15.3 Å². The largest absolute Gasteiger partial charge is 0.480 e. The van der Waals surface area contributed by atoms with Gasteiger partial charge in [-0.15, -0.1) is 0 Å². The third kappa shape index (κ3) is 3.37. The first kappa shape index (κ1) is 16.8. The minimum absolute atomic E-state index is 0.179. The zero-order chi connectivity index (χ0) is 18.8. The lowest BCUT2D eigenvalue weighted by atomic mass is 10.0. The van der Waals surface area contributed by atoms with E-state index in [0.29, 0.717) is 5.52 Å². The average molecular weight is 359 g/mol. The minimum Gasteiger partial charge on any atom is -0.480 e. The second-order valence-electron chi connectivity index (χ2n) is 6.32. The normalized spacial score (nSPS) is 12.1. The standard InChI is InChI=1S/C21H17N3O3/c25-20(18-10-9-13-5-1-3-7-16(13)23-18)24-19(21(26)27)11-14-12-22-17-8-4-2-6-15(14)17/h1-10,12,19,22H,11H2,(H,24,25)(H,26,27)/t19-/m0/s1. The Kier molecular flexibility index (Phi) is 4.30. The van der Waals surface area contributed by atoms with Gasteiger partial charge in [-0.1, -0.05) is 42.5 Å². The number of nitrogens with one attached hydrogen (secondary N) is 2. The van der Waals surface area contributed by atoms with Gasteiger partial charge in [0.25, 0.3) is 5.91 Å². The predicted octanol–water partition coefficient (Wildman–Crippen LogP) is 3.14. The second-order valence-corrected chi connectivity index (χ2v) is 6.32. The quantitative estimate of drug-likeness (QED) is 0.510. The van der Waals surface area contributed by atoms with Crippen LogP contribution >= 0.6 is 0 Å². The molecule has 0 aliphatic heterocycles. The number of carbonyl (C=O) groups excluding carboxylic acids is 1. The summed E-state index contributed by atoms with van der Waals surface area (Å²) in [5, 5.41) is 14.0. The highest BCUT2D eigenvalue weighted by atomic mass is 16.4. The van der Waals surface area contributed by atoms with Gasteiger partial charge in [-0.3, -0.25) is 4.79 Å². The number of amides is 1. The van der Waals surface area contributed by atoms with Gasteiger partial charge in [-0.05, 0) is 23.8 Å². The maximum atomic E-state index is 12.6.